The number of benzene rings is 2. The fourth-order valence-electron chi connectivity index (χ4n) is 3.33. The zero-order valence-electron chi connectivity index (χ0n) is 18.0. The first-order valence-corrected chi connectivity index (χ1v) is 16.3. The molecule has 0 atom stereocenters. The number of hydrogen-bond donors (Lipinski definition) is 0. The highest BCUT2D eigenvalue weighted by molar-refractivity contribution is 8.00. The molecule has 0 radical (unpaired) electrons. The summed E-state index contributed by atoms with van der Waals surface area (Å²) >= 11 is 22.2. The molecule has 0 unspecified atom stereocenters. The minimum atomic E-state index is 0.0281. The van der Waals surface area contributed by atoms with Crippen molar-refractivity contribution < 1.29 is 0 Å². The third-order valence-corrected chi connectivity index (χ3v) is 12.8. The van der Waals surface area contributed by atoms with E-state index in [-0.39, 0.29) is 8.11 Å². The standard InChI is InChI=1S/C22H22Cl2O2S6/c1-9(2)5-7-27-15-11-12(18-19(13(15)23)31-22(26)30-18)16(28-8-6-10(3)4)14(24)20-17(11)29-21(25)32-20/h9-10H,5-8H2,1-4H3. The highest BCUT2D eigenvalue weighted by Crippen LogP contribution is 2.53. The van der Waals surface area contributed by atoms with Crippen LogP contribution in [0.15, 0.2) is 19.4 Å². The Balaban J connectivity index is 2.09. The van der Waals surface area contributed by atoms with Crippen molar-refractivity contribution in [2.24, 2.45) is 11.8 Å². The second kappa shape index (κ2) is 10.4. The van der Waals surface area contributed by atoms with E-state index in [1.807, 2.05) is 0 Å². The third-order valence-electron chi connectivity index (χ3n) is 4.99. The molecule has 2 nitrogen and oxygen atoms in total. The summed E-state index contributed by atoms with van der Waals surface area (Å²) in [5.74, 6) is 3.02. The summed E-state index contributed by atoms with van der Waals surface area (Å²) in [6.45, 7) is 8.83. The van der Waals surface area contributed by atoms with Gasteiger partial charge in [-0.2, -0.15) is 0 Å². The van der Waals surface area contributed by atoms with Gasteiger partial charge in [0.05, 0.1) is 28.8 Å². The van der Waals surface area contributed by atoms with E-state index in [1.165, 1.54) is 45.3 Å². The molecule has 2 aromatic carbocycles. The molecule has 0 aliphatic rings. The Kier molecular flexibility index (Phi) is 8.26. The van der Waals surface area contributed by atoms with Gasteiger partial charge in [0.25, 0.3) is 8.11 Å². The maximum absolute atomic E-state index is 12.5. The highest BCUT2D eigenvalue weighted by Gasteiger charge is 2.25. The van der Waals surface area contributed by atoms with Gasteiger partial charge < -0.3 is 0 Å². The molecule has 32 heavy (non-hydrogen) atoms. The van der Waals surface area contributed by atoms with E-state index < -0.39 is 0 Å². The lowest BCUT2D eigenvalue weighted by Gasteiger charge is -2.16. The van der Waals surface area contributed by atoms with Gasteiger partial charge in [-0.05, 0) is 36.2 Å². The summed E-state index contributed by atoms with van der Waals surface area (Å²) in [4.78, 5) is 26.9. The second-order valence-corrected chi connectivity index (χ2v) is 15.7. The minimum Gasteiger partial charge on any atom is -0.265 e. The summed E-state index contributed by atoms with van der Waals surface area (Å²) in [5.41, 5.74) is 0. The van der Waals surface area contributed by atoms with Gasteiger partial charge in [-0.3, -0.25) is 9.59 Å². The average molecular weight is 582 g/mol. The quantitative estimate of drug-likeness (QED) is 0.194. The van der Waals surface area contributed by atoms with Crippen LogP contribution >= 0.6 is 92.1 Å². The molecule has 0 N–H and O–H groups in total. The predicted octanol–water partition coefficient (Wildman–Crippen LogP) is 9.70. The van der Waals surface area contributed by atoms with Crippen molar-refractivity contribution >= 4 is 122 Å². The topological polar surface area (TPSA) is 34.1 Å². The molecule has 0 bridgehead atoms. The second-order valence-electron chi connectivity index (χ2n) is 8.32. The zero-order chi connectivity index (χ0) is 23.2. The Morgan fingerprint density at radius 3 is 1.34 bits per heavy atom. The Hall–Kier alpha value is 0.200. The number of hydrogen-bond acceptors (Lipinski definition) is 8. The van der Waals surface area contributed by atoms with E-state index in [9.17, 15) is 9.59 Å². The SMILES string of the molecule is CC(C)CCSc1c(Cl)c2sc(=O)sc2c2c(SCCC(C)C)c(Cl)c3sc(=O)sc3c12. The first kappa shape index (κ1) is 25.3. The molecule has 0 saturated heterocycles. The zero-order valence-corrected chi connectivity index (χ0v) is 24.4. The van der Waals surface area contributed by atoms with E-state index in [0.717, 1.165) is 63.7 Å². The van der Waals surface area contributed by atoms with Crippen LogP contribution in [-0.4, -0.2) is 11.5 Å². The molecule has 10 heteroatoms. The van der Waals surface area contributed by atoms with E-state index >= 15 is 0 Å². The van der Waals surface area contributed by atoms with Gasteiger partial charge in [0.15, 0.2) is 0 Å². The molecule has 172 valence electrons. The number of fused-ring (bicyclic) bond motifs is 5. The smallest absolute Gasteiger partial charge is 0.265 e. The fraction of sp³-hybridized carbons (Fsp3) is 0.455. The van der Waals surface area contributed by atoms with Gasteiger partial charge in [0, 0.05) is 20.6 Å². The van der Waals surface area contributed by atoms with Gasteiger partial charge in [-0.25, -0.2) is 0 Å². The van der Waals surface area contributed by atoms with Crippen LogP contribution in [0.25, 0.3) is 29.6 Å². The van der Waals surface area contributed by atoms with Crippen LogP contribution in [0.2, 0.25) is 10.0 Å². The summed E-state index contributed by atoms with van der Waals surface area (Å²) in [6.07, 6.45) is 2.12. The van der Waals surface area contributed by atoms with E-state index in [2.05, 4.69) is 27.7 Å². The lowest BCUT2D eigenvalue weighted by atomic mass is 10.1. The summed E-state index contributed by atoms with van der Waals surface area (Å²) in [7, 11) is 0. The molecule has 4 rings (SSSR count). The largest absolute Gasteiger partial charge is 0.288 e. The lowest BCUT2D eigenvalue weighted by molar-refractivity contribution is 0.632. The Labute approximate surface area is 221 Å². The normalized spacial score (nSPS) is 12.4. The molecular formula is C22H22Cl2O2S6. The predicted molar refractivity (Wildman–Crippen MR) is 153 cm³/mol. The molecule has 0 spiro atoms. The van der Waals surface area contributed by atoms with Crippen LogP contribution in [-0.2, 0) is 0 Å². The Morgan fingerprint density at radius 2 is 1.00 bits per heavy atom. The van der Waals surface area contributed by atoms with Crippen LogP contribution in [0.4, 0.5) is 0 Å². The van der Waals surface area contributed by atoms with Crippen molar-refractivity contribution in [3.05, 3.63) is 27.7 Å². The van der Waals surface area contributed by atoms with Gasteiger partial charge in [-0.15, -0.1) is 23.5 Å². The molecule has 2 aromatic heterocycles. The number of rotatable bonds is 8. The monoisotopic (exact) mass is 580 g/mol. The summed E-state index contributed by atoms with van der Waals surface area (Å²) < 4.78 is 3.53. The van der Waals surface area contributed by atoms with Crippen molar-refractivity contribution in [3.8, 4) is 0 Å². The lowest BCUT2D eigenvalue weighted by Crippen LogP contribution is -1.93. The molecule has 0 saturated carbocycles. The van der Waals surface area contributed by atoms with Gasteiger partial charge in [0.2, 0.25) is 0 Å². The number of thioether (sulfide) groups is 2. The van der Waals surface area contributed by atoms with Gasteiger partial charge in [-0.1, -0.05) is 96.2 Å². The van der Waals surface area contributed by atoms with Crippen molar-refractivity contribution in [2.75, 3.05) is 11.5 Å². The maximum atomic E-state index is 12.5. The van der Waals surface area contributed by atoms with E-state index in [1.54, 1.807) is 23.5 Å². The first-order valence-electron chi connectivity index (χ1n) is 10.3. The molecular weight excluding hydrogens is 560 g/mol. The molecule has 4 aromatic rings. The van der Waals surface area contributed by atoms with E-state index in [4.69, 9.17) is 23.2 Å². The average Bonchev–Trinajstić information content (AvgIpc) is 3.28. The van der Waals surface area contributed by atoms with Crippen LogP contribution in [0, 0.1) is 11.8 Å². The van der Waals surface area contributed by atoms with Crippen LogP contribution in [0.3, 0.4) is 0 Å². The van der Waals surface area contributed by atoms with Gasteiger partial charge >= 0.3 is 0 Å². The van der Waals surface area contributed by atoms with Crippen LogP contribution < -0.4 is 8.11 Å². The Bertz CT molecular complexity index is 1300. The summed E-state index contributed by atoms with van der Waals surface area (Å²) in [5, 5.41) is 3.27. The van der Waals surface area contributed by atoms with Crippen molar-refractivity contribution in [1.29, 1.82) is 0 Å². The van der Waals surface area contributed by atoms with Crippen LogP contribution in [0.1, 0.15) is 40.5 Å². The molecule has 0 aliphatic heterocycles. The molecule has 0 fully saturated rings. The van der Waals surface area contributed by atoms with Crippen LogP contribution in [0.5, 0.6) is 0 Å². The van der Waals surface area contributed by atoms with Crippen molar-refractivity contribution in [2.45, 2.75) is 50.3 Å². The Morgan fingerprint density at radius 1 is 0.656 bits per heavy atom. The maximum Gasteiger partial charge on any atom is 0.288 e. The van der Waals surface area contributed by atoms with E-state index in [0.29, 0.717) is 21.9 Å². The molecule has 0 amide bonds. The summed E-state index contributed by atoms with van der Waals surface area (Å²) in [6, 6.07) is 0. The number of halogens is 2. The third kappa shape index (κ3) is 4.94. The molecule has 2 heterocycles. The fourth-order valence-corrected chi connectivity index (χ4v) is 11.7. The first-order chi connectivity index (χ1) is 15.2. The van der Waals surface area contributed by atoms with Crippen molar-refractivity contribution in [1.82, 2.24) is 0 Å². The van der Waals surface area contributed by atoms with Gasteiger partial charge in [0.1, 0.15) is 0 Å². The molecule has 0 aliphatic carbocycles. The minimum absolute atomic E-state index is 0.0281. The highest BCUT2D eigenvalue weighted by atomic mass is 35.5. The van der Waals surface area contributed by atoms with Crippen molar-refractivity contribution in [3.63, 3.8) is 0 Å².